The van der Waals surface area contributed by atoms with Crippen molar-refractivity contribution < 1.29 is 24.4 Å². The van der Waals surface area contributed by atoms with Gasteiger partial charge < -0.3 is 36.7 Å². The predicted octanol–water partition coefficient (Wildman–Crippen LogP) is -1.49. The van der Waals surface area contributed by atoms with Gasteiger partial charge in [0.05, 0.1) is 18.6 Å². The molecule has 1 unspecified atom stereocenters. The number of rotatable bonds is 3. The molecule has 10 heteroatoms. The minimum atomic E-state index is -4.64. The van der Waals surface area contributed by atoms with Gasteiger partial charge in [-0.05, 0) is 0 Å². The van der Waals surface area contributed by atoms with Gasteiger partial charge in [-0.15, -0.1) is 0 Å². The Hall–Kier alpha value is -0.800. The molecule has 1 aromatic heterocycles. The van der Waals surface area contributed by atoms with E-state index in [2.05, 4.69) is 9.97 Å². The Balaban J connectivity index is 0. The van der Waals surface area contributed by atoms with Gasteiger partial charge in [0.15, 0.2) is 0 Å². The van der Waals surface area contributed by atoms with Crippen LogP contribution in [0.3, 0.4) is 0 Å². The lowest BCUT2D eigenvalue weighted by atomic mass is 10.2. The molecule has 96 valence electrons. The van der Waals surface area contributed by atoms with Crippen molar-refractivity contribution in [2.24, 2.45) is 5.73 Å². The van der Waals surface area contributed by atoms with Crippen LogP contribution in [0.1, 0.15) is 5.69 Å². The number of hydrogen-bond acceptors (Lipinski definition) is 5. The van der Waals surface area contributed by atoms with E-state index in [4.69, 9.17) is 30.1 Å². The van der Waals surface area contributed by atoms with Crippen LogP contribution >= 0.6 is 7.82 Å². The largest absolute Gasteiger partial charge is 0.466 e. The summed E-state index contributed by atoms with van der Waals surface area (Å²) in [5, 5.41) is 8.57. The number of aliphatic hydroxyl groups is 1. The highest BCUT2D eigenvalue weighted by molar-refractivity contribution is 7.45. The minimum absolute atomic E-state index is 0. The molecule has 1 rings (SSSR count). The van der Waals surface area contributed by atoms with Crippen LogP contribution in [0, 0.1) is 0 Å². The van der Waals surface area contributed by atoms with Crippen LogP contribution in [-0.4, -0.2) is 42.4 Å². The van der Waals surface area contributed by atoms with E-state index in [0.29, 0.717) is 6.42 Å². The molecule has 0 fully saturated rings. The first-order valence-electron chi connectivity index (χ1n) is 3.95. The van der Waals surface area contributed by atoms with Crippen molar-refractivity contribution in [3.8, 4) is 0 Å². The Morgan fingerprint density at radius 3 is 2.31 bits per heavy atom. The van der Waals surface area contributed by atoms with Gasteiger partial charge in [0, 0.05) is 18.7 Å². The number of nitrogens with two attached hydrogens (primary N) is 1. The van der Waals surface area contributed by atoms with E-state index in [1.165, 1.54) is 0 Å². The molecule has 0 saturated carbocycles. The summed E-state index contributed by atoms with van der Waals surface area (Å²) in [6.07, 6.45) is 3.99. The van der Waals surface area contributed by atoms with Gasteiger partial charge in [-0.25, -0.2) is 9.55 Å². The molecule has 0 aliphatic rings. The van der Waals surface area contributed by atoms with E-state index in [1.54, 1.807) is 12.5 Å². The van der Waals surface area contributed by atoms with E-state index >= 15 is 0 Å². The van der Waals surface area contributed by atoms with E-state index in [9.17, 15) is 0 Å². The Bertz CT molecular complexity index is 292. The van der Waals surface area contributed by atoms with Gasteiger partial charge in [-0.2, -0.15) is 0 Å². The van der Waals surface area contributed by atoms with E-state index < -0.39 is 7.82 Å². The van der Waals surface area contributed by atoms with Crippen molar-refractivity contribution in [2.45, 2.75) is 12.5 Å². The topological polar surface area (TPSA) is 188 Å². The van der Waals surface area contributed by atoms with Crippen LogP contribution in [0.5, 0.6) is 0 Å². The Morgan fingerprint density at radius 2 is 2.00 bits per heavy atom. The SMILES string of the molecule is N.NC(CO)Cc1c[nH]cn1.O=P(O)(O)O. The second-order valence-electron chi connectivity index (χ2n) is 2.72. The van der Waals surface area contributed by atoms with E-state index in [0.717, 1.165) is 5.69 Å². The van der Waals surface area contributed by atoms with Crippen LogP contribution in [-0.2, 0) is 11.0 Å². The maximum absolute atomic E-state index is 8.88. The average Bonchev–Trinajstić information content (AvgIpc) is 2.53. The predicted molar refractivity (Wildman–Crippen MR) is 56.6 cm³/mol. The van der Waals surface area contributed by atoms with Crippen molar-refractivity contribution in [1.82, 2.24) is 16.1 Å². The van der Waals surface area contributed by atoms with Crippen LogP contribution in [0.15, 0.2) is 12.5 Å². The Labute approximate surface area is 92.2 Å². The van der Waals surface area contributed by atoms with Gasteiger partial charge >= 0.3 is 7.82 Å². The third-order valence-corrected chi connectivity index (χ3v) is 1.26. The Morgan fingerprint density at radius 1 is 1.50 bits per heavy atom. The third kappa shape index (κ3) is 13.2. The monoisotopic (exact) mass is 256 g/mol. The molecular weight excluding hydrogens is 239 g/mol. The zero-order valence-corrected chi connectivity index (χ0v) is 9.42. The summed E-state index contributed by atoms with van der Waals surface area (Å²) in [4.78, 5) is 28.3. The molecule has 10 N–H and O–H groups in total. The molecule has 1 aromatic rings. The summed E-state index contributed by atoms with van der Waals surface area (Å²) in [7, 11) is -4.64. The third-order valence-electron chi connectivity index (χ3n) is 1.26. The molecular formula is C6H17N4O5P. The lowest BCUT2D eigenvalue weighted by Gasteiger charge is -2.03. The maximum Gasteiger partial charge on any atom is 0.466 e. The standard InChI is InChI=1S/C6H11N3O.H3N.H3O4P/c7-5(3-10)1-6-2-8-4-9-6;;1-5(2,3)4/h2,4-5,10H,1,3,7H2,(H,8,9);1H3;(H3,1,2,3,4). The summed E-state index contributed by atoms with van der Waals surface area (Å²) >= 11 is 0. The van der Waals surface area contributed by atoms with Crippen molar-refractivity contribution in [3.05, 3.63) is 18.2 Å². The van der Waals surface area contributed by atoms with Crippen LogP contribution in [0.25, 0.3) is 0 Å². The molecule has 0 aromatic carbocycles. The van der Waals surface area contributed by atoms with Crippen molar-refractivity contribution in [1.29, 1.82) is 0 Å². The molecule has 0 amide bonds. The molecule has 0 aliphatic carbocycles. The minimum Gasteiger partial charge on any atom is -0.395 e. The highest BCUT2D eigenvalue weighted by Crippen LogP contribution is 2.25. The van der Waals surface area contributed by atoms with Gasteiger partial charge in [-0.3, -0.25) is 0 Å². The Kier molecular flexibility index (Phi) is 9.19. The number of aromatic amines is 1. The fourth-order valence-electron chi connectivity index (χ4n) is 0.736. The zero-order valence-electron chi connectivity index (χ0n) is 8.52. The second kappa shape index (κ2) is 8.36. The fraction of sp³-hybridized carbons (Fsp3) is 0.500. The molecule has 0 spiro atoms. The summed E-state index contributed by atoms with van der Waals surface area (Å²) in [6.45, 7) is 0.00681. The number of phosphoric acid groups is 1. The first-order chi connectivity index (χ1) is 6.83. The highest BCUT2D eigenvalue weighted by Gasteiger charge is 2.02. The number of nitrogens with zero attached hydrogens (tertiary/aromatic N) is 1. The first kappa shape index (κ1) is 17.6. The van der Waals surface area contributed by atoms with E-state index in [1.807, 2.05) is 0 Å². The van der Waals surface area contributed by atoms with Crippen molar-refractivity contribution in [2.75, 3.05) is 6.61 Å². The summed E-state index contributed by atoms with van der Waals surface area (Å²) < 4.78 is 8.88. The lowest BCUT2D eigenvalue weighted by molar-refractivity contribution is 0.264. The fourth-order valence-corrected chi connectivity index (χ4v) is 0.736. The van der Waals surface area contributed by atoms with Crippen molar-refractivity contribution >= 4 is 7.82 Å². The smallest absolute Gasteiger partial charge is 0.395 e. The van der Waals surface area contributed by atoms with E-state index in [-0.39, 0.29) is 18.8 Å². The van der Waals surface area contributed by atoms with Crippen LogP contribution in [0.4, 0.5) is 0 Å². The average molecular weight is 256 g/mol. The molecule has 0 bridgehead atoms. The maximum atomic E-state index is 8.88. The molecule has 0 aliphatic heterocycles. The number of imidazole rings is 1. The highest BCUT2D eigenvalue weighted by atomic mass is 31.2. The molecule has 0 saturated heterocycles. The normalized spacial score (nSPS) is 12.1. The van der Waals surface area contributed by atoms with Crippen molar-refractivity contribution in [3.63, 3.8) is 0 Å². The molecule has 1 atom stereocenters. The number of H-pyrrole nitrogens is 1. The quantitative estimate of drug-likeness (QED) is 0.318. The second-order valence-corrected chi connectivity index (χ2v) is 3.75. The summed E-state index contributed by atoms with van der Waals surface area (Å²) in [5.41, 5.74) is 6.35. The van der Waals surface area contributed by atoms with Gasteiger partial charge in [0.2, 0.25) is 0 Å². The molecule has 16 heavy (non-hydrogen) atoms. The number of hydrogen-bond donors (Lipinski definition) is 7. The van der Waals surface area contributed by atoms with Gasteiger partial charge in [0.1, 0.15) is 0 Å². The van der Waals surface area contributed by atoms with Crippen LogP contribution in [0.2, 0.25) is 0 Å². The molecule has 1 heterocycles. The summed E-state index contributed by atoms with van der Waals surface area (Å²) in [6, 6.07) is -0.191. The number of aliphatic hydroxyl groups excluding tert-OH is 1. The lowest BCUT2D eigenvalue weighted by Crippen LogP contribution is -2.26. The molecule has 0 radical (unpaired) electrons. The first-order valence-corrected chi connectivity index (χ1v) is 5.52. The zero-order chi connectivity index (χ0) is 11.9. The number of nitrogens with one attached hydrogen (secondary N) is 1. The van der Waals surface area contributed by atoms with Gasteiger partial charge in [0.25, 0.3) is 0 Å². The summed E-state index contributed by atoms with van der Waals surface area (Å²) in [5.74, 6) is 0. The molecule has 9 nitrogen and oxygen atoms in total. The van der Waals surface area contributed by atoms with Gasteiger partial charge in [-0.1, -0.05) is 0 Å². The number of aromatic nitrogens is 2. The van der Waals surface area contributed by atoms with Crippen LogP contribution < -0.4 is 11.9 Å².